The summed E-state index contributed by atoms with van der Waals surface area (Å²) in [6.07, 6.45) is 21.0. The molecule has 0 N–H and O–H groups in total. The molecule has 0 saturated carbocycles. The van der Waals surface area contributed by atoms with Crippen molar-refractivity contribution in [2.45, 2.75) is 316 Å². The van der Waals surface area contributed by atoms with Crippen LogP contribution < -0.4 is 0 Å². The zero-order valence-electron chi connectivity index (χ0n) is 33.1. The van der Waals surface area contributed by atoms with Gasteiger partial charge < -0.3 is 47.4 Å². The summed E-state index contributed by atoms with van der Waals surface area (Å²) in [5.74, 6) is 0. The van der Waals surface area contributed by atoms with Gasteiger partial charge in [-0.15, -0.1) is 0 Å². The number of hydrogen-bond donors (Lipinski definition) is 0. The van der Waals surface area contributed by atoms with Crippen LogP contribution in [0.4, 0.5) is 0 Å². The molecule has 0 radical (unpaired) electrons. The molecule has 4 atom stereocenters. The third kappa shape index (κ3) is 69.5. The number of rotatable bonds is 34. The van der Waals surface area contributed by atoms with Crippen molar-refractivity contribution >= 4 is 0 Å². The minimum atomic E-state index is -1.28. The first kappa shape index (κ1) is 171. The van der Waals surface area contributed by atoms with E-state index in [1.54, 1.807) is 31.3 Å². The highest BCUT2D eigenvalue weighted by Gasteiger charge is 2.66. The topological polar surface area (TPSA) is 92.3 Å². The molecule has 0 aromatic heterocycles. The molecule has 0 fully saturated rings. The van der Waals surface area contributed by atoms with Gasteiger partial charge in [-0.25, -0.2) is 0 Å². The average molecular weight is 1110 g/mol. The maximum Gasteiger partial charge on any atom is 0.190 e. The molecular formula is C65H172O10. The Balaban J connectivity index is -0.0000000400. The molecule has 0 aliphatic carbocycles. The summed E-state index contributed by atoms with van der Waals surface area (Å²) in [4.78, 5) is 0. The van der Waals surface area contributed by atoms with Crippen LogP contribution in [0.15, 0.2) is 61.7 Å². The van der Waals surface area contributed by atoms with Crippen molar-refractivity contribution in [3.05, 3.63) is 61.7 Å². The SMILES string of the molecule is C.C.C.C.C.C.C.C.C.C.C.C.C.C.C.C.C.C.C.C.C.C.C.C.C.CCCOCC=COC(C)C(C)(OC=CCOCCC)C(C)(OC=CCOCCC)C(C)(OC=CCOCCC)C(C)OC=CCOCCC. The lowest BCUT2D eigenvalue weighted by molar-refractivity contribution is -0.277. The zero-order chi connectivity index (χ0) is 37.4. The summed E-state index contributed by atoms with van der Waals surface area (Å²) in [5.41, 5.74) is -3.66. The van der Waals surface area contributed by atoms with E-state index in [4.69, 9.17) is 47.4 Å². The van der Waals surface area contributed by atoms with E-state index in [-0.39, 0.29) is 186 Å². The smallest absolute Gasteiger partial charge is 0.190 e. The molecule has 10 nitrogen and oxygen atoms in total. The minimum Gasteiger partial charge on any atom is -0.494 e. The normalized spacial score (nSPS) is 11.5. The fourth-order valence-electron chi connectivity index (χ4n) is 4.76. The average Bonchev–Trinajstić information content (AvgIpc) is 3.11. The van der Waals surface area contributed by atoms with Crippen molar-refractivity contribution < 1.29 is 47.4 Å². The zero-order valence-corrected chi connectivity index (χ0v) is 33.1. The molecule has 0 amide bonds. The fraction of sp³-hybridized carbons (Fsp3) is 0.846. The van der Waals surface area contributed by atoms with Crippen LogP contribution in [0.3, 0.4) is 0 Å². The molecule has 492 valence electrons. The highest BCUT2D eigenvalue weighted by molar-refractivity contribution is 5.16. The quantitative estimate of drug-likeness (QED) is 0.0458. The summed E-state index contributed by atoms with van der Waals surface area (Å²) in [7, 11) is 0. The molecule has 0 spiro atoms. The van der Waals surface area contributed by atoms with Gasteiger partial charge in [-0.1, -0.05) is 220 Å². The Kier molecular flexibility index (Phi) is 254. The first-order valence-corrected chi connectivity index (χ1v) is 18.6. The molecule has 75 heavy (non-hydrogen) atoms. The van der Waals surface area contributed by atoms with Gasteiger partial charge >= 0.3 is 0 Å². The van der Waals surface area contributed by atoms with Crippen LogP contribution in [0, 0.1) is 0 Å². The molecule has 0 bridgehead atoms. The molecule has 0 aromatic rings. The van der Waals surface area contributed by atoms with Crippen molar-refractivity contribution in [2.75, 3.05) is 66.1 Å². The molecular weight excluding hydrogens is 941 g/mol. The molecule has 0 heterocycles. The van der Waals surface area contributed by atoms with Gasteiger partial charge in [0.25, 0.3) is 0 Å². The summed E-state index contributed by atoms with van der Waals surface area (Å²) < 4.78 is 61.1. The maximum absolute atomic E-state index is 6.79. The van der Waals surface area contributed by atoms with Crippen molar-refractivity contribution in [1.82, 2.24) is 0 Å². The van der Waals surface area contributed by atoms with Crippen LogP contribution in [-0.4, -0.2) is 95.1 Å². The summed E-state index contributed by atoms with van der Waals surface area (Å²) >= 11 is 0. The second-order valence-electron chi connectivity index (χ2n) is 12.4. The van der Waals surface area contributed by atoms with Gasteiger partial charge in [-0.3, -0.25) is 0 Å². The van der Waals surface area contributed by atoms with E-state index in [9.17, 15) is 0 Å². The van der Waals surface area contributed by atoms with Gasteiger partial charge in [0.1, 0.15) is 12.2 Å². The molecule has 0 aliphatic rings. The summed E-state index contributed by atoms with van der Waals surface area (Å²) in [6.45, 7) is 25.5. The van der Waals surface area contributed by atoms with Crippen molar-refractivity contribution in [1.29, 1.82) is 0 Å². The van der Waals surface area contributed by atoms with Crippen LogP contribution >= 0.6 is 0 Å². The van der Waals surface area contributed by atoms with Gasteiger partial charge in [-0.05, 0) is 97.1 Å². The number of ether oxygens (including phenoxy) is 10. The number of hydrogen-bond acceptors (Lipinski definition) is 10. The van der Waals surface area contributed by atoms with E-state index in [1.807, 2.05) is 65.0 Å². The van der Waals surface area contributed by atoms with Crippen molar-refractivity contribution in [2.24, 2.45) is 0 Å². The highest BCUT2D eigenvalue weighted by Crippen LogP contribution is 2.47. The molecule has 0 aliphatic heterocycles. The Morgan fingerprint density at radius 1 is 0.280 bits per heavy atom. The van der Waals surface area contributed by atoms with E-state index in [2.05, 4.69) is 34.6 Å². The van der Waals surface area contributed by atoms with Crippen molar-refractivity contribution in [3.63, 3.8) is 0 Å². The fourth-order valence-corrected chi connectivity index (χ4v) is 4.76. The maximum atomic E-state index is 6.79. The predicted octanol–water partition coefficient (Wildman–Crippen LogP) is 24.7. The minimum absolute atomic E-state index is 0. The standard InChI is InChI=1S/C40H72O10.25CH4/c1-11-21-41-26-16-31-46-36(6)38(8,48-33-18-28-43-23-13-3)40(10,50-35-20-30-45-25-15-5)39(9,49-34-19-29-44-24-14-4)37(7)47-32-17-27-42-22-12-2;;;;;;;;;;;;;;;;;;;;;;;;;/h16-20,31-37H,11-15,21-30H2,1-10H3;25*1H4. The third-order valence-electron chi connectivity index (χ3n) is 8.23. The van der Waals surface area contributed by atoms with Gasteiger partial charge in [-0.2, -0.15) is 0 Å². The second-order valence-corrected chi connectivity index (χ2v) is 12.4. The Morgan fingerprint density at radius 2 is 0.453 bits per heavy atom. The van der Waals surface area contributed by atoms with Crippen LogP contribution in [0.2, 0.25) is 0 Å². The lowest BCUT2D eigenvalue weighted by Crippen LogP contribution is -2.72. The first-order chi connectivity index (χ1) is 24.1. The van der Waals surface area contributed by atoms with Crippen LogP contribution in [0.1, 0.15) is 287 Å². The first-order valence-electron chi connectivity index (χ1n) is 18.6. The molecule has 4 unspecified atom stereocenters. The Labute approximate surface area is 489 Å². The Morgan fingerprint density at radius 3 is 0.640 bits per heavy atom. The predicted molar refractivity (Wildman–Crippen MR) is 369 cm³/mol. The van der Waals surface area contributed by atoms with Gasteiger partial charge in [0.05, 0.1) is 64.3 Å². The molecule has 0 saturated heterocycles. The van der Waals surface area contributed by atoms with E-state index >= 15 is 0 Å². The van der Waals surface area contributed by atoms with E-state index < -0.39 is 29.0 Å². The second kappa shape index (κ2) is 111. The largest absolute Gasteiger partial charge is 0.494 e. The monoisotopic (exact) mass is 1110 g/mol. The van der Waals surface area contributed by atoms with E-state index in [1.165, 1.54) is 0 Å². The summed E-state index contributed by atoms with van der Waals surface area (Å²) in [5, 5.41) is 0. The van der Waals surface area contributed by atoms with Crippen LogP contribution in [-0.2, 0) is 47.4 Å². The molecule has 0 rings (SSSR count). The Bertz CT molecular complexity index is 879. The third-order valence-corrected chi connectivity index (χ3v) is 8.23. The highest BCUT2D eigenvalue weighted by atomic mass is 16.6. The lowest BCUT2D eigenvalue weighted by Gasteiger charge is -2.55. The van der Waals surface area contributed by atoms with Gasteiger partial charge in [0.15, 0.2) is 16.8 Å². The van der Waals surface area contributed by atoms with E-state index in [0.29, 0.717) is 66.1 Å². The van der Waals surface area contributed by atoms with Crippen molar-refractivity contribution in [3.8, 4) is 0 Å². The van der Waals surface area contributed by atoms with Gasteiger partial charge in [0.2, 0.25) is 0 Å². The van der Waals surface area contributed by atoms with Crippen LogP contribution in [0.5, 0.6) is 0 Å². The lowest BCUT2D eigenvalue weighted by atomic mass is 9.68. The molecule has 0 aromatic carbocycles. The van der Waals surface area contributed by atoms with Crippen LogP contribution in [0.25, 0.3) is 0 Å². The molecule has 10 heteroatoms. The van der Waals surface area contributed by atoms with E-state index in [0.717, 1.165) is 32.1 Å². The van der Waals surface area contributed by atoms with Gasteiger partial charge in [0, 0.05) is 33.0 Å². The summed E-state index contributed by atoms with van der Waals surface area (Å²) in [6, 6.07) is 0. The Hall–Kier alpha value is -2.50.